The molecule has 0 unspecified atom stereocenters. The van der Waals surface area contributed by atoms with Gasteiger partial charge in [-0.3, -0.25) is 19.4 Å². The summed E-state index contributed by atoms with van der Waals surface area (Å²) in [7, 11) is 0. The molecule has 2 amide bonds. The van der Waals surface area contributed by atoms with E-state index >= 15 is 0 Å². The summed E-state index contributed by atoms with van der Waals surface area (Å²) in [6, 6.07) is 51.3. The number of nitrogens with zero attached hydrogens (tertiary/aromatic N) is 6. The predicted octanol–water partition coefficient (Wildman–Crippen LogP) is 10.7. The van der Waals surface area contributed by atoms with E-state index in [9.17, 15) is 9.59 Å². The number of hydrogen-bond donors (Lipinski definition) is 2. The van der Waals surface area contributed by atoms with Gasteiger partial charge in [0.2, 0.25) is 11.8 Å². The van der Waals surface area contributed by atoms with Crippen molar-refractivity contribution in [3.05, 3.63) is 180 Å². The summed E-state index contributed by atoms with van der Waals surface area (Å²) in [4.78, 5) is 33.5. The van der Waals surface area contributed by atoms with Gasteiger partial charge in [0.1, 0.15) is 11.5 Å². The van der Waals surface area contributed by atoms with Crippen molar-refractivity contribution in [3.8, 4) is 11.5 Å². The molecular weight excluding hydrogens is 933 g/mol. The number of rotatable bonds is 17. The molecule has 12 nitrogen and oxygen atoms in total. The number of unbranched alkanes of at least 4 members (excludes halogenated alkanes) is 1. The summed E-state index contributed by atoms with van der Waals surface area (Å²) >= 11 is 0. The zero-order valence-electron chi connectivity index (χ0n) is 43.2. The first-order chi connectivity index (χ1) is 37.0. The molecule has 0 aliphatic carbocycles. The number of hydrogen-bond acceptors (Lipinski definition) is 8. The Balaban J connectivity index is 0.000000161. The maximum Gasteiger partial charge on any atom is 0.224 e. The highest BCUT2D eigenvalue weighted by molar-refractivity contribution is 5.96. The highest BCUT2D eigenvalue weighted by Crippen LogP contribution is 2.32. The highest BCUT2D eigenvalue weighted by Gasteiger charge is 2.22. The zero-order valence-corrected chi connectivity index (χ0v) is 43.2. The molecule has 2 aromatic heterocycles. The Hall–Kier alpha value is -7.54. The summed E-state index contributed by atoms with van der Waals surface area (Å²) in [6.07, 6.45) is 10.3. The predicted molar refractivity (Wildman–Crippen MR) is 304 cm³/mol. The number of piperazine rings is 2. The Labute approximate surface area is 441 Å². The molecule has 0 saturated carbocycles. The lowest BCUT2D eigenvalue weighted by molar-refractivity contribution is -0.117. The molecule has 2 saturated heterocycles. The second-order valence-electron chi connectivity index (χ2n) is 20.4. The molecule has 8 aromatic rings. The number of aryl methyl sites for hydroxylation is 2. The van der Waals surface area contributed by atoms with E-state index in [2.05, 4.69) is 173 Å². The second-order valence-corrected chi connectivity index (χ2v) is 20.4. The fraction of sp³-hybridized carbons (Fsp3) is 0.333. The van der Waals surface area contributed by atoms with E-state index in [4.69, 9.17) is 9.47 Å². The van der Waals surface area contributed by atoms with E-state index in [0.717, 1.165) is 134 Å². The highest BCUT2D eigenvalue weighted by atomic mass is 16.5. The molecule has 0 bridgehead atoms. The lowest BCUT2D eigenvalue weighted by atomic mass is 10.0. The average Bonchev–Trinajstić information content (AvgIpc) is 4.07. The lowest BCUT2D eigenvalue weighted by Gasteiger charge is -2.36. The van der Waals surface area contributed by atoms with Gasteiger partial charge in [0.05, 0.1) is 24.2 Å². The SMILES string of the molecule is O=C1CCc2ccc(OCCCCN3CCN(c4cccc5c4ccn5Cc4ccccc4)CC3)cc2N1.O=C1CCc2ccc(OCCCN3CCN(c4cccc5c4ccn5Cc4ccccc4)CC3)cc2N1. The van der Waals surface area contributed by atoms with E-state index in [-0.39, 0.29) is 11.8 Å². The van der Waals surface area contributed by atoms with Crippen LogP contribution in [0.3, 0.4) is 0 Å². The number of anilines is 4. The van der Waals surface area contributed by atoms with Crippen molar-refractivity contribution in [2.24, 2.45) is 0 Å². The van der Waals surface area contributed by atoms with Gasteiger partial charge < -0.3 is 39.0 Å². The molecule has 6 aromatic carbocycles. The largest absolute Gasteiger partial charge is 0.494 e. The van der Waals surface area contributed by atoms with Crippen molar-refractivity contribution in [3.63, 3.8) is 0 Å². The third-order valence-corrected chi connectivity index (χ3v) is 15.4. The third-order valence-electron chi connectivity index (χ3n) is 15.4. The van der Waals surface area contributed by atoms with E-state index < -0.39 is 0 Å². The molecule has 75 heavy (non-hydrogen) atoms. The summed E-state index contributed by atoms with van der Waals surface area (Å²) in [6.45, 7) is 13.8. The van der Waals surface area contributed by atoms with E-state index in [1.807, 2.05) is 24.3 Å². The second kappa shape index (κ2) is 23.8. The van der Waals surface area contributed by atoms with Crippen LogP contribution < -0.4 is 29.9 Å². The van der Waals surface area contributed by atoms with Gasteiger partial charge in [-0.1, -0.05) is 84.9 Å². The number of aromatic nitrogens is 2. The van der Waals surface area contributed by atoms with Crippen LogP contribution in [0.25, 0.3) is 21.8 Å². The van der Waals surface area contributed by atoms with Crippen LogP contribution in [0.4, 0.5) is 22.7 Å². The van der Waals surface area contributed by atoms with Crippen molar-refractivity contribution >= 4 is 56.4 Å². The molecule has 0 spiro atoms. The van der Waals surface area contributed by atoms with Crippen LogP contribution in [0.2, 0.25) is 0 Å². The number of nitrogens with one attached hydrogen (secondary N) is 2. The number of ether oxygens (including phenoxy) is 2. The van der Waals surface area contributed by atoms with Gasteiger partial charge in [-0.2, -0.15) is 0 Å². The maximum atomic E-state index is 11.7. The van der Waals surface area contributed by atoms with Crippen LogP contribution in [0.15, 0.2) is 158 Å². The van der Waals surface area contributed by atoms with Crippen molar-refractivity contribution in [1.29, 1.82) is 0 Å². The number of carbonyl (C=O) groups excluding carboxylic acids is 2. The van der Waals surface area contributed by atoms with Crippen LogP contribution in [-0.2, 0) is 35.5 Å². The van der Waals surface area contributed by atoms with Crippen molar-refractivity contribution in [1.82, 2.24) is 18.9 Å². The maximum absolute atomic E-state index is 11.7. The summed E-state index contributed by atoms with van der Waals surface area (Å²) in [5.74, 6) is 1.85. The Morgan fingerprint density at radius 1 is 0.427 bits per heavy atom. The van der Waals surface area contributed by atoms with Crippen LogP contribution in [0.5, 0.6) is 11.5 Å². The van der Waals surface area contributed by atoms with Crippen molar-refractivity contribution in [2.75, 3.05) is 99.1 Å². The van der Waals surface area contributed by atoms with Crippen LogP contribution in [-0.4, -0.2) is 109 Å². The minimum absolute atomic E-state index is 0.0878. The monoisotopic (exact) mass is 1000 g/mol. The Morgan fingerprint density at radius 2 is 0.880 bits per heavy atom. The molecule has 12 heteroatoms. The first-order valence-corrected chi connectivity index (χ1v) is 27.3. The minimum Gasteiger partial charge on any atom is -0.494 e. The Morgan fingerprint density at radius 3 is 1.36 bits per heavy atom. The van der Waals surface area contributed by atoms with Crippen LogP contribution >= 0.6 is 0 Å². The van der Waals surface area contributed by atoms with Crippen LogP contribution in [0.1, 0.15) is 54.4 Å². The molecule has 2 N–H and O–H groups in total. The lowest BCUT2D eigenvalue weighted by Crippen LogP contribution is -2.46. The standard InChI is InChI=1S/C32H36N4O2.C31H34N4O2/c37-32-14-12-26-11-13-27(23-29(26)33-32)38-22-5-4-16-34-18-20-35(21-19-34)30-9-6-10-31-28(30)15-17-36(31)24-25-7-2-1-3-8-25;36-31-13-11-25-10-12-26(22-28(25)32-31)37-21-5-15-33-17-19-34(20-18-33)29-8-4-9-30-27(29)14-16-35(30)23-24-6-2-1-3-7-24/h1-3,6-11,13,15,17,23H,4-5,12,14,16,18-22,24H2,(H,33,37);1-4,6-10,12,14,16,22H,5,11,13,15,17-21,23H2,(H,32,36). The summed E-state index contributed by atoms with van der Waals surface area (Å²) in [5.41, 5.74) is 12.1. The van der Waals surface area contributed by atoms with E-state index in [0.29, 0.717) is 26.1 Å². The molecule has 0 radical (unpaired) electrons. The minimum atomic E-state index is 0.0878. The van der Waals surface area contributed by atoms with Crippen molar-refractivity contribution < 1.29 is 19.1 Å². The molecule has 4 aliphatic heterocycles. The smallest absolute Gasteiger partial charge is 0.224 e. The van der Waals surface area contributed by atoms with Gasteiger partial charge >= 0.3 is 0 Å². The molecule has 6 heterocycles. The quantitative estimate of drug-likeness (QED) is 0.0871. The van der Waals surface area contributed by atoms with Gasteiger partial charge in [0.15, 0.2) is 0 Å². The van der Waals surface area contributed by atoms with Crippen molar-refractivity contribution in [2.45, 2.75) is 58.0 Å². The average molecular weight is 1000 g/mol. The van der Waals surface area contributed by atoms with E-state index in [1.54, 1.807) is 0 Å². The molecular formula is C63H70N8O4. The Kier molecular flexibility index (Phi) is 15.7. The molecule has 12 rings (SSSR count). The number of carbonyl (C=O) groups is 2. The van der Waals surface area contributed by atoms with Crippen LogP contribution in [0, 0.1) is 0 Å². The van der Waals surface area contributed by atoms with Gasteiger partial charge in [-0.15, -0.1) is 0 Å². The molecule has 4 aliphatic rings. The normalized spacial score (nSPS) is 15.9. The van der Waals surface area contributed by atoms with Gasteiger partial charge in [-0.05, 0) is 109 Å². The van der Waals surface area contributed by atoms with E-state index in [1.165, 1.54) is 55.4 Å². The molecule has 386 valence electrons. The van der Waals surface area contributed by atoms with Gasteiger partial charge in [0.25, 0.3) is 0 Å². The molecule has 2 fully saturated rings. The number of amides is 2. The zero-order chi connectivity index (χ0) is 50.8. The fourth-order valence-corrected chi connectivity index (χ4v) is 11.2. The van der Waals surface area contributed by atoms with Gasteiger partial charge in [-0.25, -0.2) is 0 Å². The molecule has 0 atom stereocenters. The third kappa shape index (κ3) is 12.4. The van der Waals surface area contributed by atoms with Gasteiger partial charge in [0, 0.05) is 143 Å². The first-order valence-electron chi connectivity index (χ1n) is 27.3. The number of fused-ring (bicyclic) bond motifs is 4. The number of benzene rings is 6. The Bertz CT molecular complexity index is 3190. The summed E-state index contributed by atoms with van der Waals surface area (Å²) in [5, 5.41) is 8.58. The fourth-order valence-electron chi connectivity index (χ4n) is 11.2. The summed E-state index contributed by atoms with van der Waals surface area (Å²) < 4.78 is 16.7. The first kappa shape index (κ1) is 49.7. The topological polar surface area (TPSA) is 99.5 Å².